The minimum absolute atomic E-state index is 0. The van der Waals surface area contributed by atoms with E-state index in [1.54, 1.807) is 0 Å². The molecule has 1 atom stereocenters. The van der Waals surface area contributed by atoms with E-state index < -0.39 is 0 Å². The zero-order chi connectivity index (χ0) is 10.0. The molecule has 0 aromatic heterocycles. The summed E-state index contributed by atoms with van der Waals surface area (Å²) in [6.45, 7) is 8.57. The summed E-state index contributed by atoms with van der Waals surface area (Å²) in [4.78, 5) is 2.73. The zero-order valence-electron chi connectivity index (χ0n) is 10.5. The average molecular weight is 269 g/mol. The zero-order valence-corrected chi connectivity index (χ0v) is 12.1. The van der Waals surface area contributed by atoms with Crippen molar-refractivity contribution < 1.29 is 0 Å². The van der Waals surface area contributed by atoms with Crippen LogP contribution in [0.5, 0.6) is 0 Å². The number of hydrogen-bond donors (Lipinski definition) is 1. The van der Waals surface area contributed by atoms with E-state index in [0.717, 1.165) is 6.04 Å². The maximum atomic E-state index is 3.60. The van der Waals surface area contributed by atoms with Gasteiger partial charge in [0.15, 0.2) is 0 Å². The Morgan fingerprint density at radius 2 is 1.69 bits per heavy atom. The second kappa shape index (κ2) is 7.05. The van der Waals surface area contributed by atoms with Gasteiger partial charge in [-0.15, -0.1) is 24.8 Å². The van der Waals surface area contributed by atoms with Gasteiger partial charge in [0, 0.05) is 11.6 Å². The molecule has 2 heterocycles. The monoisotopic (exact) mass is 268 g/mol. The summed E-state index contributed by atoms with van der Waals surface area (Å²) < 4.78 is 0. The molecule has 2 aliphatic heterocycles. The molecule has 0 saturated carbocycles. The number of rotatable bonds is 1. The van der Waals surface area contributed by atoms with Crippen LogP contribution in [0.25, 0.3) is 0 Å². The van der Waals surface area contributed by atoms with E-state index in [1.807, 2.05) is 0 Å². The second-order valence-corrected chi connectivity index (χ2v) is 5.55. The summed E-state index contributed by atoms with van der Waals surface area (Å²) in [6, 6.07) is 0.853. The molecule has 16 heavy (non-hydrogen) atoms. The van der Waals surface area contributed by atoms with Crippen molar-refractivity contribution in [2.75, 3.05) is 19.6 Å². The summed E-state index contributed by atoms with van der Waals surface area (Å²) >= 11 is 0. The van der Waals surface area contributed by atoms with Crippen molar-refractivity contribution in [3.63, 3.8) is 0 Å². The Labute approximate surface area is 112 Å². The van der Waals surface area contributed by atoms with Gasteiger partial charge >= 0.3 is 0 Å². The molecule has 0 aromatic carbocycles. The van der Waals surface area contributed by atoms with Crippen molar-refractivity contribution >= 4 is 24.8 Å². The van der Waals surface area contributed by atoms with Crippen molar-refractivity contribution in [2.45, 2.75) is 57.5 Å². The third kappa shape index (κ3) is 4.40. The number of nitrogens with one attached hydrogen (secondary N) is 1. The molecule has 1 unspecified atom stereocenters. The molecular formula is C12H26Cl2N2. The number of hydrogen-bond acceptors (Lipinski definition) is 2. The Morgan fingerprint density at radius 1 is 1.06 bits per heavy atom. The van der Waals surface area contributed by atoms with E-state index in [0.29, 0.717) is 5.54 Å². The molecule has 0 aromatic rings. The maximum Gasteiger partial charge on any atom is 0.0140 e. The lowest BCUT2D eigenvalue weighted by Gasteiger charge is -2.43. The molecule has 2 nitrogen and oxygen atoms in total. The van der Waals surface area contributed by atoms with E-state index in [1.165, 1.54) is 51.7 Å². The fourth-order valence-corrected chi connectivity index (χ4v) is 2.94. The van der Waals surface area contributed by atoms with Gasteiger partial charge in [0.25, 0.3) is 0 Å². The lowest BCUT2D eigenvalue weighted by molar-refractivity contribution is 0.101. The van der Waals surface area contributed by atoms with Gasteiger partial charge in [0.2, 0.25) is 0 Å². The molecule has 0 aliphatic carbocycles. The number of halogens is 2. The van der Waals surface area contributed by atoms with Gasteiger partial charge in [-0.2, -0.15) is 0 Å². The van der Waals surface area contributed by atoms with Crippen LogP contribution in [0, 0.1) is 0 Å². The van der Waals surface area contributed by atoms with Gasteiger partial charge in [-0.1, -0.05) is 6.42 Å². The summed E-state index contributed by atoms with van der Waals surface area (Å²) in [5.74, 6) is 0. The van der Waals surface area contributed by atoms with E-state index in [2.05, 4.69) is 24.1 Å². The molecular weight excluding hydrogens is 243 g/mol. The highest BCUT2D eigenvalue weighted by molar-refractivity contribution is 5.85. The Hall–Kier alpha value is 0.500. The third-order valence-electron chi connectivity index (χ3n) is 3.73. The van der Waals surface area contributed by atoms with Crippen LogP contribution < -0.4 is 5.32 Å². The van der Waals surface area contributed by atoms with E-state index in [-0.39, 0.29) is 24.8 Å². The van der Waals surface area contributed by atoms with Gasteiger partial charge in [0.05, 0.1) is 0 Å². The first-order valence-electron chi connectivity index (χ1n) is 6.16. The Morgan fingerprint density at radius 3 is 2.25 bits per heavy atom. The lowest BCUT2D eigenvalue weighted by atomic mass is 9.87. The normalized spacial score (nSPS) is 30.0. The van der Waals surface area contributed by atoms with Crippen LogP contribution in [-0.2, 0) is 0 Å². The second-order valence-electron chi connectivity index (χ2n) is 5.55. The maximum absolute atomic E-state index is 3.60. The fourth-order valence-electron chi connectivity index (χ4n) is 2.94. The van der Waals surface area contributed by atoms with Gasteiger partial charge in [-0.3, -0.25) is 0 Å². The fraction of sp³-hybridized carbons (Fsp3) is 1.00. The first-order chi connectivity index (χ1) is 6.67. The molecule has 2 saturated heterocycles. The predicted molar refractivity (Wildman–Crippen MR) is 75.0 cm³/mol. The van der Waals surface area contributed by atoms with Crippen LogP contribution >= 0.6 is 24.8 Å². The molecule has 0 radical (unpaired) electrons. The SMILES string of the molecule is CC1(C)CC(N2CCCCC2)CCN1.Cl.Cl. The van der Waals surface area contributed by atoms with Crippen molar-refractivity contribution in [3.8, 4) is 0 Å². The van der Waals surface area contributed by atoms with Crippen molar-refractivity contribution in [1.29, 1.82) is 0 Å². The molecule has 2 rings (SSSR count). The standard InChI is InChI=1S/C12H24N2.2ClH/c1-12(2)10-11(6-7-13-12)14-8-4-3-5-9-14;;/h11,13H,3-10H2,1-2H3;2*1H. The topological polar surface area (TPSA) is 15.3 Å². The summed E-state index contributed by atoms with van der Waals surface area (Å²) in [6.07, 6.45) is 6.97. The van der Waals surface area contributed by atoms with Crippen molar-refractivity contribution in [2.24, 2.45) is 0 Å². The average Bonchev–Trinajstić information content (AvgIpc) is 2.18. The molecule has 2 fully saturated rings. The summed E-state index contributed by atoms with van der Waals surface area (Å²) in [5.41, 5.74) is 0.361. The van der Waals surface area contributed by atoms with Crippen LogP contribution in [0.3, 0.4) is 0 Å². The Bertz CT molecular complexity index is 191. The number of likely N-dealkylation sites (tertiary alicyclic amines) is 1. The highest BCUT2D eigenvalue weighted by Crippen LogP contribution is 2.25. The van der Waals surface area contributed by atoms with E-state index in [9.17, 15) is 0 Å². The first kappa shape index (κ1) is 16.5. The van der Waals surface area contributed by atoms with Crippen LogP contribution in [-0.4, -0.2) is 36.1 Å². The summed E-state index contributed by atoms with van der Waals surface area (Å²) in [7, 11) is 0. The lowest BCUT2D eigenvalue weighted by Crippen LogP contribution is -2.54. The van der Waals surface area contributed by atoms with Crippen LogP contribution in [0.4, 0.5) is 0 Å². The minimum Gasteiger partial charge on any atom is -0.312 e. The van der Waals surface area contributed by atoms with Crippen LogP contribution in [0.1, 0.15) is 46.0 Å². The summed E-state index contributed by atoms with van der Waals surface area (Å²) in [5, 5.41) is 3.60. The van der Waals surface area contributed by atoms with Crippen LogP contribution in [0.2, 0.25) is 0 Å². The quantitative estimate of drug-likeness (QED) is 0.787. The minimum atomic E-state index is 0. The van der Waals surface area contributed by atoms with Gasteiger partial charge < -0.3 is 10.2 Å². The van der Waals surface area contributed by atoms with Gasteiger partial charge in [0.1, 0.15) is 0 Å². The third-order valence-corrected chi connectivity index (χ3v) is 3.73. The Balaban J connectivity index is 0.00000112. The molecule has 4 heteroatoms. The molecule has 2 aliphatic rings. The largest absolute Gasteiger partial charge is 0.312 e. The van der Waals surface area contributed by atoms with Crippen LogP contribution in [0.15, 0.2) is 0 Å². The van der Waals surface area contributed by atoms with Gasteiger partial charge in [-0.25, -0.2) is 0 Å². The highest BCUT2D eigenvalue weighted by atomic mass is 35.5. The molecule has 0 bridgehead atoms. The molecule has 98 valence electrons. The molecule has 0 amide bonds. The molecule has 1 N–H and O–H groups in total. The predicted octanol–water partition coefficient (Wildman–Crippen LogP) is 2.85. The highest BCUT2D eigenvalue weighted by Gasteiger charge is 2.31. The van der Waals surface area contributed by atoms with E-state index in [4.69, 9.17) is 0 Å². The molecule has 0 spiro atoms. The first-order valence-corrected chi connectivity index (χ1v) is 6.16. The smallest absolute Gasteiger partial charge is 0.0140 e. The number of nitrogens with zero attached hydrogens (tertiary/aromatic N) is 1. The van der Waals surface area contributed by atoms with E-state index >= 15 is 0 Å². The van der Waals surface area contributed by atoms with Gasteiger partial charge in [-0.05, 0) is 59.2 Å². The van der Waals surface area contributed by atoms with Crippen molar-refractivity contribution in [3.05, 3.63) is 0 Å². The Kier molecular flexibility index (Phi) is 7.27. The number of piperidine rings is 2. The van der Waals surface area contributed by atoms with Crippen molar-refractivity contribution in [1.82, 2.24) is 10.2 Å².